The second kappa shape index (κ2) is 8.89. The Balaban J connectivity index is 1.33. The molecule has 31 heavy (non-hydrogen) atoms. The molecule has 1 aliphatic carbocycles. The van der Waals surface area contributed by atoms with Gasteiger partial charge in [0.15, 0.2) is 0 Å². The van der Waals surface area contributed by atoms with E-state index >= 15 is 0 Å². The van der Waals surface area contributed by atoms with Crippen molar-refractivity contribution >= 4 is 21.6 Å². The summed E-state index contributed by atoms with van der Waals surface area (Å²) in [6, 6.07) is 19.7. The van der Waals surface area contributed by atoms with Crippen molar-refractivity contribution in [3.8, 4) is 0 Å². The maximum atomic E-state index is 13.0. The van der Waals surface area contributed by atoms with E-state index in [1.165, 1.54) is 23.3 Å². The molecule has 0 aromatic heterocycles. The van der Waals surface area contributed by atoms with Crippen LogP contribution < -0.4 is 10.0 Å². The lowest BCUT2D eigenvalue weighted by Crippen LogP contribution is -2.39. The zero-order valence-corrected chi connectivity index (χ0v) is 17.7. The topological polar surface area (TPSA) is 75.3 Å². The van der Waals surface area contributed by atoms with E-state index in [0.717, 1.165) is 37.0 Å². The molecule has 3 aromatic carbocycles. The molecule has 0 saturated carbocycles. The van der Waals surface area contributed by atoms with E-state index in [-0.39, 0.29) is 23.3 Å². The van der Waals surface area contributed by atoms with E-state index in [9.17, 15) is 17.6 Å². The molecule has 0 fully saturated rings. The van der Waals surface area contributed by atoms with E-state index in [2.05, 4.69) is 22.2 Å². The quantitative estimate of drug-likeness (QED) is 0.614. The number of halogens is 1. The van der Waals surface area contributed by atoms with Crippen LogP contribution >= 0.6 is 0 Å². The smallest absolute Gasteiger partial charge is 0.261 e. The highest BCUT2D eigenvalue weighted by Crippen LogP contribution is 2.21. The van der Waals surface area contributed by atoms with Gasteiger partial charge in [-0.05, 0) is 72.4 Å². The van der Waals surface area contributed by atoms with Gasteiger partial charge >= 0.3 is 0 Å². The Kier molecular flexibility index (Phi) is 6.04. The average molecular weight is 439 g/mol. The summed E-state index contributed by atoms with van der Waals surface area (Å²) in [5.41, 5.74) is 3.80. The summed E-state index contributed by atoms with van der Waals surface area (Å²) in [5.74, 6) is -0.553. The molecule has 0 spiro atoms. The summed E-state index contributed by atoms with van der Waals surface area (Å²) in [6.07, 6.45) is 2.95. The summed E-state index contributed by atoms with van der Waals surface area (Å²) in [7, 11) is -3.81. The number of anilines is 1. The highest BCUT2D eigenvalue weighted by atomic mass is 32.2. The minimum atomic E-state index is -3.81. The van der Waals surface area contributed by atoms with Gasteiger partial charge in [0.05, 0.1) is 11.3 Å². The van der Waals surface area contributed by atoms with Crippen LogP contribution in [-0.2, 0) is 34.1 Å². The van der Waals surface area contributed by atoms with E-state index in [0.29, 0.717) is 5.69 Å². The van der Waals surface area contributed by atoms with Gasteiger partial charge in [0.1, 0.15) is 5.82 Å². The fourth-order valence-electron chi connectivity index (χ4n) is 3.80. The number of carbonyl (C=O) groups excluding carboxylic acids is 1. The van der Waals surface area contributed by atoms with E-state index < -0.39 is 15.8 Å². The number of fused-ring (bicyclic) bond motifs is 1. The molecule has 3 aromatic rings. The minimum Gasteiger partial charge on any atom is -0.353 e. The SMILES string of the molecule is O=C(Cc1ccc(NS(=O)(=O)c2ccc(F)cc2)cc1)NC1CCc2ccccc2C1. The van der Waals surface area contributed by atoms with Crippen molar-refractivity contribution in [3.05, 3.63) is 95.3 Å². The molecule has 0 radical (unpaired) electrons. The molecule has 0 saturated heterocycles. The Hall–Kier alpha value is -3.19. The van der Waals surface area contributed by atoms with E-state index in [1.54, 1.807) is 24.3 Å². The predicted molar refractivity (Wildman–Crippen MR) is 118 cm³/mol. The van der Waals surface area contributed by atoms with Gasteiger partial charge in [-0.3, -0.25) is 9.52 Å². The van der Waals surface area contributed by atoms with Crippen LogP contribution in [-0.4, -0.2) is 20.4 Å². The Morgan fingerprint density at radius 1 is 0.935 bits per heavy atom. The van der Waals surface area contributed by atoms with E-state index in [1.807, 2.05) is 12.1 Å². The van der Waals surface area contributed by atoms with Crippen LogP contribution in [0.1, 0.15) is 23.1 Å². The molecular weight excluding hydrogens is 415 g/mol. The number of carbonyl (C=O) groups is 1. The first-order valence-corrected chi connectivity index (χ1v) is 11.6. The van der Waals surface area contributed by atoms with Gasteiger partial charge in [-0.1, -0.05) is 36.4 Å². The molecule has 0 heterocycles. The fraction of sp³-hybridized carbons (Fsp3) is 0.208. The molecule has 1 unspecified atom stereocenters. The molecular formula is C24H23FN2O3S. The molecule has 1 aliphatic rings. The number of amides is 1. The van der Waals surface area contributed by atoms with Crippen molar-refractivity contribution in [2.75, 3.05) is 4.72 Å². The van der Waals surface area contributed by atoms with Crippen LogP contribution in [0.5, 0.6) is 0 Å². The van der Waals surface area contributed by atoms with Gasteiger partial charge in [-0.15, -0.1) is 0 Å². The molecule has 160 valence electrons. The highest BCUT2D eigenvalue weighted by molar-refractivity contribution is 7.92. The lowest BCUT2D eigenvalue weighted by Gasteiger charge is -2.25. The first kappa shape index (κ1) is 21.1. The lowest BCUT2D eigenvalue weighted by atomic mass is 9.88. The second-order valence-corrected chi connectivity index (χ2v) is 9.39. The van der Waals surface area contributed by atoms with Crippen molar-refractivity contribution in [1.82, 2.24) is 5.32 Å². The molecule has 1 atom stereocenters. The van der Waals surface area contributed by atoms with Gasteiger partial charge in [-0.2, -0.15) is 0 Å². The van der Waals surface area contributed by atoms with Gasteiger partial charge in [0, 0.05) is 11.7 Å². The van der Waals surface area contributed by atoms with Crippen molar-refractivity contribution in [2.45, 2.75) is 36.6 Å². The first-order chi connectivity index (χ1) is 14.9. The van der Waals surface area contributed by atoms with Gasteiger partial charge in [0.2, 0.25) is 5.91 Å². The van der Waals surface area contributed by atoms with Crippen LogP contribution in [0.25, 0.3) is 0 Å². The van der Waals surface area contributed by atoms with Gasteiger partial charge in [0.25, 0.3) is 10.0 Å². The Morgan fingerprint density at radius 2 is 1.61 bits per heavy atom. The van der Waals surface area contributed by atoms with Crippen LogP contribution in [0.2, 0.25) is 0 Å². The number of hydrogen-bond acceptors (Lipinski definition) is 3. The average Bonchev–Trinajstić information content (AvgIpc) is 2.75. The van der Waals surface area contributed by atoms with Crippen LogP contribution in [0.4, 0.5) is 10.1 Å². The monoisotopic (exact) mass is 438 g/mol. The van der Waals surface area contributed by atoms with Gasteiger partial charge < -0.3 is 5.32 Å². The number of rotatable bonds is 6. The summed E-state index contributed by atoms with van der Waals surface area (Å²) in [4.78, 5) is 12.4. The largest absolute Gasteiger partial charge is 0.353 e. The van der Waals surface area contributed by atoms with Crippen molar-refractivity contribution in [1.29, 1.82) is 0 Å². The summed E-state index contributed by atoms with van der Waals surface area (Å²) in [6.45, 7) is 0. The maximum absolute atomic E-state index is 13.0. The maximum Gasteiger partial charge on any atom is 0.261 e. The van der Waals surface area contributed by atoms with E-state index in [4.69, 9.17) is 0 Å². The summed E-state index contributed by atoms with van der Waals surface area (Å²) in [5, 5.41) is 3.11. The van der Waals surface area contributed by atoms with Gasteiger partial charge in [-0.25, -0.2) is 12.8 Å². The summed E-state index contributed by atoms with van der Waals surface area (Å²) >= 11 is 0. The standard InChI is InChI=1S/C24H23FN2O3S/c25-20-8-13-23(14-9-20)31(29,30)27-21-10-5-17(6-11-21)15-24(28)26-22-12-7-18-3-1-2-4-19(18)16-22/h1-6,8-11,13-14,22,27H,7,12,15-16H2,(H,26,28). The second-order valence-electron chi connectivity index (χ2n) is 7.71. The Morgan fingerprint density at radius 3 is 2.32 bits per heavy atom. The minimum absolute atomic E-state index is 0.0218. The molecule has 2 N–H and O–H groups in total. The molecule has 7 heteroatoms. The van der Waals surface area contributed by atoms with Crippen LogP contribution in [0, 0.1) is 5.82 Å². The van der Waals surface area contributed by atoms with Crippen LogP contribution in [0.15, 0.2) is 77.7 Å². The predicted octanol–water partition coefficient (Wildman–Crippen LogP) is 3.84. The lowest BCUT2D eigenvalue weighted by molar-refractivity contribution is -0.121. The van der Waals surface area contributed by atoms with Crippen molar-refractivity contribution in [3.63, 3.8) is 0 Å². The van der Waals surface area contributed by atoms with Crippen molar-refractivity contribution < 1.29 is 17.6 Å². The molecule has 4 rings (SSSR count). The molecule has 0 aliphatic heterocycles. The number of sulfonamides is 1. The Labute approximate surface area is 181 Å². The zero-order valence-electron chi connectivity index (χ0n) is 16.8. The number of hydrogen-bond donors (Lipinski definition) is 2. The number of nitrogens with one attached hydrogen (secondary N) is 2. The molecule has 5 nitrogen and oxygen atoms in total. The third kappa shape index (κ3) is 5.30. The molecule has 1 amide bonds. The summed E-state index contributed by atoms with van der Waals surface area (Å²) < 4.78 is 40.2. The molecule has 0 bridgehead atoms. The Bertz CT molecular complexity index is 1180. The normalized spacial score (nSPS) is 15.7. The number of aryl methyl sites for hydroxylation is 1. The third-order valence-corrected chi connectivity index (χ3v) is 6.80. The zero-order chi connectivity index (χ0) is 21.8. The van der Waals surface area contributed by atoms with Crippen LogP contribution in [0.3, 0.4) is 0 Å². The number of benzene rings is 3. The highest BCUT2D eigenvalue weighted by Gasteiger charge is 2.20. The third-order valence-electron chi connectivity index (χ3n) is 5.41. The fourth-order valence-corrected chi connectivity index (χ4v) is 4.86. The van der Waals surface area contributed by atoms with Crippen molar-refractivity contribution in [2.24, 2.45) is 0 Å². The first-order valence-electron chi connectivity index (χ1n) is 10.1.